The van der Waals surface area contributed by atoms with Crippen LogP contribution < -0.4 is 4.74 Å². The average molecular weight is 518 g/mol. The highest BCUT2D eigenvalue weighted by atomic mass is 35.5. The maximum absolute atomic E-state index is 13.4. The molecule has 0 bridgehead atoms. The van der Waals surface area contributed by atoms with E-state index in [4.69, 9.17) is 32.7 Å². The minimum atomic E-state index is -0.412. The van der Waals surface area contributed by atoms with E-state index in [1.165, 1.54) is 0 Å². The Morgan fingerprint density at radius 1 is 1.14 bits per heavy atom. The quantitative estimate of drug-likeness (QED) is 0.245. The number of allylic oxidation sites excluding steroid dienone is 1. The van der Waals surface area contributed by atoms with Gasteiger partial charge in [-0.2, -0.15) is 0 Å². The van der Waals surface area contributed by atoms with Gasteiger partial charge >= 0.3 is 5.97 Å². The van der Waals surface area contributed by atoms with Crippen LogP contribution in [0.3, 0.4) is 0 Å². The van der Waals surface area contributed by atoms with Crippen LogP contribution in [0.15, 0.2) is 59.8 Å². The molecule has 1 aliphatic heterocycles. The topological polar surface area (TPSA) is 55.8 Å². The fraction of sp³-hybridized carbons (Fsp3) is 0.429. The second-order valence-corrected chi connectivity index (χ2v) is 9.78. The van der Waals surface area contributed by atoms with E-state index in [1.807, 2.05) is 43.3 Å². The van der Waals surface area contributed by atoms with Crippen molar-refractivity contribution in [2.24, 2.45) is 5.92 Å². The number of nitrogens with zero attached hydrogens (tertiary/aromatic N) is 1. The standard InChI is InChI=1S/C28H33Cl2NO4/c1-4-5-19(2)17-31-20(3)27(25(16-26(31)32)22-8-10-23(30)11-9-22)28(33)35-18-21-6-12-24(13-7-21)34-15-14-29/h6-13,19,25H,4-5,14-18H2,1-3H3. The van der Waals surface area contributed by atoms with Crippen molar-refractivity contribution in [1.29, 1.82) is 0 Å². The Morgan fingerprint density at radius 2 is 1.83 bits per heavy atom. The zero-order chi connectivity index (χ0) is 25.4. The number of halogens is 2. The lowest BCUT2D eigenvalue weighted by Gasteiger charge is -2.36. The number of esters is 1. The second-order valence-electron chi connectivity index (χ2n) is 8.96. The van der Waals surface area contributed by atoms with Gasteiger partial charge in [-0.3, -0.25) is 4.79 Å². The van der Waals surface area contributed by atoms with Crippen molar-refractivity contribution >= 4 is 35.1 Å². The summed E-state index contributed by atoms with van der Waals surface area (Å²) in [4.78, 5) is 28.3. The third-order valence-electron chi connectivity index (χ3n) is 6.23. The van der Waals surface area contributed by atoms with Gasteiger partial charge in [0.1, 0.15) is 19.0 Å². The molecule has 3 rings (SSSR count). The van der Waals surface area contributed by atoms with E-state index in [0.29, 0.717) is 47.0 Å². The van der Waals surface area contributed by atoms with E-state index < -0.39 is 5.97 Å². The summed E-state index contributed by atoms with van der Waals surface area (Å²) in [6, 6.07) is 14.7. The van der Waals surface area contributed by atoms with E-state index in [1.54, 1.807) is 17.0 Å². The number of alkyl halides is 1. The van der Waals surface area contributed by atoms with Gasteiger partial charge in [0.25, 0.3) is 0 Å². The van der Waals surface area contributed by atoms with Crippen LogP contribution in [0.4, 0.5) is 0 Å². The summed E-state index contributed by atoms with van der Waals surface area (Å²) < 4.78 is 11.2. The lowest BCUT2D eigenvalue weighted by molar-refractivity contribution is -0.141. The van der Waals surface area contributed by atoms with Crippen LogP contribution in [0.2, 0.25) is 5.02 Å². The van der Waals surface area contributed by atoms with Crippen molar-refractivity contribution in [3.8, 4) is 5.75 Å². The number of rotatable bonds is 11. The van der Waals surface area contributed by atoms with Crippen LogP contribution >= 0.6 is 23.2 Å². The molecule has 1 heterocycles. The smallest absolute Gasteiger partial charge is 0.336 e. The first-order valence-corrected chi connectivity index (χ1v) is 13.0. The maximum atomic E-state index is 13.4. The van der Waals surface area contributed by atoms with Gasteiger partial charge in [-0.05, 0) is 54.7 Å². The van der Waals surface area contributed by atoms with Gasteiger partial charge in [0.2, 0.25) is 5.91 Å². The summed E-state index contributed by atoms with van der Waals surface area (Å²) in [5.41, 5.74) is 2.91. The number of hydrogen-bond acceptors (Lipinski definition) is 4. The summed E-state index contributed by atoms with van der Waals surface area (Å²) in [6.45, 7) is 7.26. The van der Waals surface area contributed by atoms with Crippen molar-refractivity contribution in [3.63, 3.8) is 0 Å². The molecule has 0 spiro atoms. The molecule has 2 unspecified atom stereocenters. The van der Waals surface area contributed by atoms with E-state index in [-0.39, 0.29) is 24.9 Å². The summed E-state index contributed by atoms with van der Waals surface area (Å²) >= 11 is 11.7. The number of benzene rings is 2. The molecule has 5 nitrogen and oxygen atoms in total. The Morgan fingerprint density at radius 3 is 2.46 bits per heavy atom. The molecule has 188 valence electrons. The fourth-order valence-corrected chi connectivity index (χ4v) is 4.64. The van der Waals surface area contributed by atoms with Crippen LogP contribution in [-0.4, -0.2) is 35.8 Å². The highest BCUT2D eigenvalue weighted by Crippen LogP contribution is 2.38. The summed E-state index contributed by atoms with van der Waals surface area (Å²) in [6.07, 6.45) is 2.28. The molecular weight excluding hydrogens is 485 g/mol. The molecule has 0 aliphatic carbocycles. The highest BCUT2D eigenvalue weighted by Gasteiger charge is 2.37. The van der Waals surface area contributed by atoms with Crippen molar-refractivity contribution in [2.75, 3.05) is 19.0 Å². The van der Waals surface area contributed by atoms with Crippen molar-refractivity contribution in [1.82, 2.24) is 4.90 Å². The molecule has 0 N–H and O–H groups in total. The Labute approximate surface area is 218 Å². The summed E-state index contributed by atoms with van der Waals surface area (Å²) in [7, 11) is 0. The Balaban J connectivity index is 1.84. The Bertz CT molecular complexity index is 1030. The van der Waals surface area contributed by atoms with Gasteiger partial charge in [0, 0.05) is 29.6 Å². The van der Waals surface area contributed by atoms with Crippen molar-refractivity contribution in [2.45, 2.75) is 52.6 Å². The van der Waals surface area contributed by atoms with Crippen LogP contribution in [0.25, 0.3) is 0 Å². The first kappa shape index (κ1) is 27.1. The van der Waals surface area contributed by atoms with E-state index in [2.05, 4.69) is 13.8 Å². The molecule has 0 saturated heterocycles. The molecule has 1 amide bonds. The van der Waals surface area contributed by atoms with E-state index in [0.717, 1.165) is 24.0 Å². The van der Waals surface area contributed by atoms with Crippen LogP contribution in [0, 0.1) is 5.92 Å². The zero-order valence-electron chi connectivity index (χ0n) is 20.6. The van der Waals surface area contributed by atoms with E-state index in [9.17, 15) is 9.59 Å². The summed E-state index contributed by atoms with van der Waals surface area (Å²) in [5, 5.41) is 0.606. The maximum Gasteiger partial charge on any atom is 0.336 e. The van der Waals surface area contributed by atoms with Gasteiger partial charge in [0.05, 0.1) is 11.5 Å². The monoisotopic (exact) mass is 517 g/mol. The molecule has 7 heteroatoms. The third kappa shape index (κ3) is 7.25. The summed E-state index contributed by atoms with van der Waals surface area (Å²) in [5.74, 6) is 0.697. The Kier molecular flexibility index (Phi) is 10.1. The zero-order valence-corrected chi connectivity index (χ0v) is 22.1. The molecule has 2 aromatic carbocycles. The van der Waals surface area contributed by atoms with Crippen LogP contribution in [-0.2, 0) is 20.9 Å². The first-order valence-electron chi connectivity index (χ1n) is 12.0. The predicted molar refractivity (Wildman–Crippen MR) is 140 cm³/mol. The predicted octanol–water partition coefficient (Wildman–Crippen LogP) is 6.73. The fourth-order valence-electron chi connectivity index (χ4n) is 4.44. The van der Waals surface area contributed by atoms with Gasteiger partial charge in [-0.1, -0.05) is 56.1 Å². The average Bonchev–Trinajstić information content (AvgIpc) is 2.85. The number of carbonyl (C=O) groups excluding carboxylic acids is 2. The molecule has 1 aliphatic rings. The number of amides is 1. The highest BCUT2D eigenvalue weighted by molar-refractivity contribution is 6.30. The SMILES string of the molecule is CCCC(C)CN1C(=O)CC(c2ccc(Cl)cc2)C(C(=O)OCc2ccc(OCCCl)cc2)=C1C. The molecule has 2 aromatic rings. The molecule has 35 heavy (non-hydrogen) atoms. The number of hydrogen-bond donors (Lipinski definition) is 0. The van der Waals surface area contributed by atoms with Crippen molar-refractivity contribution < 1.29 is 19.1 Å². The number of ether oxygens (including phenoxy) is 2. The lowest BCUT2D eigenvalue weighted by atomic mass is 9.83. The lowest BCUT2D eigenvalue weighted by Crippen LogP contribution is -2.40. The number of carbonyl (C=O) groups is 2. The molecule has 0 saturated carbocycles. The molecular formula is C28H33Cl2NO4. The molecule has 0 radical (unpaired) electrons. The normalized spacial score (nSPS) is 16.9. The minimum Gasteiger partial charge on any atom is -0.492 e. The van der Waals surface area contributed by atoms with Crippen molar-refractivity contribution in [3.05, 3.63) is 76.0 Å². The largest absolute Gasteiger partial charge is 0.492 e. The van der Waals surface area contributed by atoms with Gasteiger partial charge in [-0.15, -0.1) is 11.6 Å². The van der Waals surface area contributed by atoms with E-state index >= 15 is 0 Å². The molecule has 0 aromatic heterocycles. The first-order chi connectivity index (χ1) is 16.8. The third-order valence-corrected chi connectivity index (χ3v) is 6.64. The van der Waals surface area contributed by atoms with Gasteiger partial charge in [0.15, 0.2) is 0 Å². The minimum absolute atomic E-state index is 0.0227. The van der Waals surface area contributed by atoms with Gasteiger partial charge in [-0.25, -0.2) is 4.79 Å². The van der Waals surface area contributed by atoms with Crippen LogP contribution in [0.5, 0.6) is 5.75 Å². The van der Waals surface area contributed by atoms with Gasteiger partial charge < -0.3 is 14.4 Å². The Hall–Kier alpha value is -2.50. The molecule has 2 atom stereocenters. The second kappa shape index (κ2) is 13.0. The van der Waals surface area contributed by atoms with Crippen LogP contribution in [0.1, 0.15) is 57.1 Å². The molecule has 0 fully saturated rings.